The predicted octanol–water partition coefficient (Wildman–Crippen LogP) is 2.63. The van der Waals surface area contributed by atoms with Gasteiger partial charge in [0.2, 0.25) is 5.67 Å². The van der Waals surface area contributed by atoms with E-state index >= 15 is 0 Å². The third-order valence-corrected chi connectivity index (χ3v) is 3.03. The minimum Gasteiger partial charge on any atom is -0.460 e. The van der Waals surface area contributed by atoms with Crippen LogP contribution in [0.25, 0.3) is 0 Å². The minimum absolute atomic E-state index is 0.0506. The molecule has 0 radical (unpaired) electrons. The first-order valence-corrected chi connectivity index (χ1v) is 5.95. The molecule has 0 heterocycles. The second-order valence-corrected chi connectivity index (χ2v) is 4.61. The highest BCUT2D eigenvalue weighted by molar-refractivity contribution is 5.79. The molecule has 0 aromatic heterocycles. The van der Waals surface area contributed by atoms with Gasteiger partial charge in [-0.1, -0.05) is 6.42 Å². The molecule has 0 amide bonds. The van der Waals surface area contributed by atoms with Crippen LogP contribution in [0.4, 0.5) is 4.39 Å². The summed E-state index contributed by atoms with van der Waals surface area (Å²) in [4.78, 5) is 11.6. The zero-order chi connectivity index (χ0) is 12.0. The number of esters is 1. The summed E-state index contributed by atoms with van der Waals surface area (Å²) < 4.78 is 23.8. The first-order chi connectivity index (χ1) is 7.56. The molecular formula is C12H21FO3. The van der Waals surface area contributed by atoms with Gasteiger partial charge >= 0.3 is 5.97 Å². The summed E-state index contributed by atoms with van der Waals surface area (Å²) in [6.45, 7) is 1.49. The van der Waals surface area contributed by atoms with Gasteiger partial charge in [-0.25, -0.2) is 9.18 Å². The molecule has 3 nitrogen and oxygen atoms in total. The highest BCUT2D eigenvalue weighted by Gasteiger charge is 2.36. The minimum atomic E-state index is -1.92. The van der Waals surface area contributed by atoms with Gasteiger partial charge in [-0.05, 0) is 32.6 Å². The lowest BCUT2D eigenvalue weighted by Gasteiger charge is -2.26. The third-order valence-electron chi connectivity index (χ3n) is 3.03. The van der Waals surface area contributed by atoms with Gasteiger partial charge in [-0.3, -0.25) is 0 Å². The molecule has 16 heavy (non-hydrogen) atoms. The van der Waals surface area contributed by atoms with E-state index in [-0.39, 0.29) is 19.1 Å². The van der Waals surface area contributed by atoms with Crippen molar-refractivity contribution in [2.75, 3.05) is 13.7 Å². The summed E-state index contributed by atoms with van der Waals surface area (Å²) in [6.07, 6.45) is 5.02. The maximum Gasteiger partial charge on any atom is 0.343 e. The topological polar surface area (TPSA) is 35.5 Å². The average Bonchev–Trinajstić information content (AvgIpc) is 2.28. The molecule has 1 atom stereocenters. The van der Waals surface area contributed by atoms with Gasteiger partial charge in [0.05, 0.1) is 0 Å². The highest BCUT2D eigenvalue weighted by Crippen LogP contribution is 2.24. The lowest BCUT2D eigenvalue weighted by Crippen LogP contribution is -2.36. The van der Waals surface area contributed by atoms with E-state index in [0.29, 0.717) is 0 Å². The third kappa shape index (κ3) is 4.08. The van der Waals surface area contributed by atoms with Crippen LogP contribution in [-0.2, 0) is 14.3 Å². The van der Waals surface area contributed by atoms with Crippen molar-refractivity contribution in [3.63, 3.8) is 0 Å². The molecule has 4 heteroatoms. The number of carbonyl (C=O) groups excluding carboxylic acids is 1. The van der Waals surface area contributed by atoms with Crippen LogP contribution in [0.1, 0.15) is 45.4 Å². The molecular weight excluding hydrogens is 211 g/mol. The molecule has 0 saturated heterocycles. The number of ether oxygens (including phenoxy) is 2. The van der Waals surface area contributed by atoms with Gasteiger partial charge in [0, 0.05) is 20.1 Å². The molecule has 0 spiro atoms. The molecule has 1 aliphatic rings. The molecule has 1 unspecified atom stereocenters. The fraction of sp³-hybridized carbons (Fsp3) is 0.917. The molecule has 1 rings (SSSR count). The van der Waals surface area contributed by atoms with E-state index in [0.717, 1.165) is 25.7 Å². The van der Waals surface area contributed by atoms with Gasteiger partial charge in [0.1, 0.15) is 6.10 Å². The van der Waals surface area contributed by atoms with Crippen molar-refractivity contribution in [3.8, 4) is 0 Å². The smallest absolute Gasteiger partial charge is 0.343 e. The molecule has 0 aromatic carbocycles. The summed E-state index contributed by atoms with van der Waals surface area (Å²) in [5.74, 6) is -0.739. The number of hydrogen-bond donors (Lipinski definition) is 0. The fourth-order valence-electron chi connectivity index (χ4n) is 1.85. The standard InChI is InChI=1S/C12H21FO3/c1-12(13,8-9-15-2)11(14)16-10-6-4-3-5-7-10/h10H,3-9H2,1-2H3. The van der Waals surface area contributed by atoms with E-state index in [4.69, 9.17) is 9.47 Å². The van der Waals surface area contributed by atoms with E-state index in [1.165, 1.54) is 20.5 Å². The van der Waals surface area contributed by atoms with E-state index in [1.54, 1.807) is 0 Å². The first kappa shape index (κ1) is 13.4. The maximum atomic E-state index is 13.9. The summed E-state index contributed by atoms with van der Waals surface area (Å²) in [5.41, 5.74) is -1.92. The Bertz CT molecular complexity index is 222. The fourth-order valence-corrected chi connectivity index (χ4v) is 1.85. The van der Waals surface area contributed by atoms with Gasteiger partial charge in [-0.2, -0.15) is 0 Å². The zero-order valence-corrected chi connectivity index (χ0v) is 10.1. The first-order valence-electron chi connectivity index (χ1n) is 5.95. The van der Waals surface area contributed by atoms with E-state index in [1.807, 2.05) is 0 Å². The maximum absolute atomic E-state index is 13.9. The van der Waals surface area contributed by atoms with Gasteiger partial charge in [-0.15, -0.1) is 0 Å². The molecule has 1 saturated carbocycles. The van der Waals surface area contributed by atoms with Gasteiger partial charge < -0.3 is 9.47 Å². The second-order valence-electron chi connectivity index (χ2n) is 4.61. The van der Waals surface area contributed by atoms with Crippen molar-refractivity contribution in [2.24, 2.45) is 0 Å². The predicted molar refractivity (Wildman–Crippen MR) is 59.0 cm³/mol. The van der Waals surface area contributed by atoms with Crippen LogP contribution < -0.4 is 0 Å². The Morgan fingerprint density at radius 2 is 2.00 bits per heavy atom. The Hall–Kier alpha value is -0.640. The Morgan fingerprint density at radius 1 is 1.38 bits per heavy atom. The van der Waals surface area contributed by atoms with Crippen molar-refractivity contribution in [3.05, 3.63) is 0 Å². The van der Waals surface area contributed by atoms with Crippen LogP contribution in [0.5, 0.6) is 0 Å². The van der Waals surface area contributed by atoms with Gasteiger partial charge in [0.15, 0.2) is 0 Å². The molecule has 0 bridgehead atoms. The Morgan fingerprint density at radius 3 is 2.56 bits per heavy atom. The summed E-state index contributed by atoms with van der Waals surface area (Å²) in [7, 11) is 1.49. The highest BCUT2D eigenvalue weighted by atomic mass is 19.1. The lowest BCUT2D eigenvalue weighted by molar-refractivity contribution is -0.165. The lowest BCUT2D eigenvalue weighted by atomic mass is 9.97. The van der Waals surface area contributed by atoms with Crippen molar-refractivity contribution in [2.45, 2.75) is 57.2 Å². The number of halogens is 1. The number of rotatable bonds is 5. The Balaban J connectivity index is 2.36. The van der Waals surface area contributed by atoms with Crippen LogP contribution in [0.15, 0.2) is 0 Å². The summed E-state index contributed by atoms with van der Waals surface area (Å²) >= 11 is 0. The van der Waals surface area contributed by atoms with E-state index < -0.39 is 11.6 Å². The van der Waals surface area contributed by atoms with Crippen LogP contribution in [0.2, 0.25) is 0 Å². The number of alkyl halides is 1. The number of carbonyl (C=O) groups is 1. The van der Waals surface area contributed by atoms with E-state index in [9.17, 15) is 9.18 Å². The molecule has 0 aromatic rings. The van der Waals surface area contributed by atoms with Gasteiger partial charge in [0.25, 0.3) is 0 Å². The molecule has 0 N–H and O–H groups in total. The van der Waals surface area contributed by atoms with E-state index in [2.05, 4.69) is 0 Å². The average molecular weight is 232 g/mol. The normalized spacial score (nSPS) is 21.4. The Labute approximate surface area is 96.3 Å². The number of hydrogen-bond acceptors (Lipinski definition) is 3. The summed E-state index contributed by atoms with van der Waals surface area (Å²) in [5, 5.41) is 0. The molecule has 0 aliphatic heterocycles. The summed E-state index contributed by atoms with van der Waals surface area (Å²) in [6, 6.07) is 0. The molecule has 94 valence electrons. The monoisotopic (exact) mass is 232 g/mol. The van der Waals surface area contributed by atoms with Crippen LogP contribution in [0, 0.1) is 0 Å². The van der Waals surface area contributed by atoms with Crippen LogP contribution >= 0.6 is 0 Å². The van der Waals surface area contributed by atoms with Crippen LogP contribution in [-0.4, -0.2) is 31.5 Å². The van der Waals surface area contributed by atoms with Crippen molar-refractivity contribution in [1.82, 2.24) is 0 Å². The SMILES string of the molecule is COCCC(C)(F)C(=O)OC1CCCCC1. The largest absolute Gasteiger partial charge is 0.460 e. The number of methoxy groups -OCH3 is 1. The second kappa shape index (κ2) is 6.18. The van der Waals surface area contributed by atoms with Crippen LogP contribution in [0.3, 0.4) is 0 Å². The quantitative estimate of drug-likeness (QED) is 0.683. The van der Waals surface area contributed by atoms with Crippen molar-refractivity contribution in [1.29, 1.82) is 0 Å². The zero-order valence-electron chi connectivity index (χ0n) is 10.1. The van der Waals surface area contributed by atoms with Crippen molar-refractivity contribution < 1.29 is 18.7 Å². The van der Waals surface area contributed by atoms with Crippen molar-refractivity contribution >= 4 is 5.97 Å². The Kier molecular flexibility index (Phi) is 5.19. The molecule has 1 aliphatic carbocycles. The molecule has 1 fully saturated rings.